The van der Waals surface area contributed by atoms with Crippen molar-refractivity contribution in [3.8, 4) is 0 Å². The molecule has 0 radical (unpaired) electrons. The number of nitrogens with one attached hydrogen (secondary N) is 1. The largest absolute Gasteiger partial charge is 0.215 e. The molecule has 0 aromatic heterocycles. The fraction of sp³-hybridized carbons (Fsp3) is 1.00. The van der Waals surface area contributed by atoms with E-state index in [1.807, 2.05) is 0 Å². The summed E-state index contributed by atoms with van der Waals surface area (Å²) in [6.07, 6.45) is 1.13. The Bertz CT molecular complexity index is 141. The SMILES string of the molecule is CS(=O)(=O)NCCBr. The van der Waals surface area contributed by atoms with Gasteiger partial charge in [0.15, 0.2) is 0 Å². The van der Waals surface area contributed by atoms with Crippen LogP contribution in [-0.4, -0.2) is 26.5 Å². The first-order valence-electron chi connectivity index (χ1n) is 2.07. The molecule has 0 aliphatic heterocycles. The van der Waals surface area contributed by atoms with Crippen LogP contribution in [0.15, 0.2) is 0 Å². The number of rotatable bonds is 3. The molecule has 3 nitrogen and oxygen atoms in total. The number of hydrogen-bond donors (Lipinski definition) is 1. The van der Waals surface area contributed by atoms with E-state index >= 15 is 0 Å². The van der Waals surface area contributed by atoms with Gasteiger partial charge >= 0.3 is 0 Å². The number of alkyl halides is 1. The zero-order valence-corrected chi connectivity index (χ0v) is 6.92. The molecule has 5 heteroatoms. The Morgan fingerprint density at radius 2 is 2.12 bits per heavy atom. The third-order valence-electron chi connectivity index (χ3n) is 0.459. The third-order valence-corrected chi connectivity index (χ3v) is 1.58. The molecule has 0 saturated carbocycles. The van der Waals surface area contributed by atoms with Gasteiger partial charge in [0, 0.05) is 11.9 Å². The summed E-state index contributed by atoms with van der Waals surface area (Å²) in [7, 11) is -2.97. The van der Waals surface area contributed by atoms with Crippen molar-refractivity contribution in [3.05, 3.63) is 0 Å². The molecule has 0 aliphatic rings. The monoisotopic (exact) mass is 201 g/mol. The quantitative estimate of drug-likeness (QED) is 0.651. The van der Waals surface area contributed by atoms with E-state index in [9.17, 15) is 8.42 Å². The number of sulfonamides is 1. The fourth-order valence-corrected chi connectivity index (χ4v) is 1.16. The molecule has 8 heavy (non-hydrogen) atoms. The van der Waals surface area contributed by atoms with Crippen molar-refractivity contribution in [2.75, 3.05) is 18.1 Å². The summed E-state index contributed by atoms with van der Waals surface area (Å²) in [4.78, 5) is 0. The van der Waals surface area contributed by atoms with Crippen LogP contribution in [0.2, 0.25) is 0 Å². The predicted molar refractivity (Wildman–Crippen MR) is 36.6 cm³/mol. The van der Waals surface area contributed by atoms with E-state index in [1.54, 1.807) is 0 Å². The van der Waals surface area contributed by atoms with E-state index in [0.29, 0.717) is 11.9 Å². The van der Waals surface area contributed by atoms with Crippen LogP contribution in [0.25, 0.3) is 0 Å². The second-order valence-electron chi connectivity index (χ2n) is 1.36. The Kier molecular flexibility index (Phi) is 3.59. The van der Waals surface area contributed by atoms with Gasteiger partial charge < -0.3 is 0 Å². The number of halogens is 1. The summed E-state index contributed by atoms with van der Waals surface area (Å²) in [6.45, 7) is 0.457. The standard InChI is InChI=1S/C3H8BrNO2S/c1-8(6,7)5-3-2-4/h5H,2-3H2,1H3. The molecule has 0 amide bonds. The molecule has 0 bridgehead atoms. The molecule has 0 heterocycles. The average Bonchev–Trinajstić information content (AvgIpc) is 1.59. The van der Waals surface area contributed by atoms with E-state index in [1.165, 1.54) is 0 Å². The lowest BCUT2D eigenvalue weighted by atomic mass is 10.8. The van der Waals surface area contributed by atoms with E-state index in [0.717, 1.165) is 6.26 Å². The van der Waals surface area contributed by atoms with E-state index in [-0.39, 0.29) is 0 Å². The van der Waals surface area contributed by atoms with Crippen LogP contribution >= 0.6 is 15.9 Å². The van der Waals surface area contributed by atoms with Gasteiger partial charge in [0.05, 0.1) is 6.26 Å². The molecule has 1 N–H and O–H groups in total. The van der Waals surface area contributed by atoms with Gasteiger partial charge in [0.2, 0.25) is 10.0 Å². The van der Waals surface area contributed by atoms with Crippen molar-refractivity contribution in [1.29, 1.82) is 0 Å². The molecular formula is C3H8BrNO2S. The second kappa shape index (κ2) is 3.42. The third kappa shape index (κ3) is 6.39. The molecule has 0 unspecified atom stereocenters. The van der Waals surface area contributed by atoms with Crippen LogP contribution in [-0.2, 0) is 10.0 Å². The van der Waals surface area contributed by atoms with E-state index in [4.69, 9.17) is 0 Å². The first-order valence-corrected chi connectivity index (χ1v) is 5.08. The highest BCUT2D eigenvalue weighted by molar-refractivity contribution is 9.09. The zero-order chi connectivity index (χ0) is 6.62. The Morgan fingerprint density at radius 3 is 2.25 bits per heavy atom. The maximum absolute atomic E-state index is 10.3. The van der Waals surface area contributed by atoms with Crippen LogP contribution in [0, 0.1) is 0 Å². The fourth-order valence-electron chi connectivity index (χ4n) is 0.224. The molecule has 0 rings (SSSR count). The van der Waals surface area contributed by atoms with E-state index < -0.39 is 10.0 Å². The van der Waals surface area contributed by atoms with Gasteiger partial charge in [-0.3, -0.25) is 0 Å². The van der Waals surface area contributed by atoms with Crippen molar-refractivity contribution < 1.29 is 8.42 Å². The minimum atomic E-state index is -2.97. The van der Waals surface area contributed by atoms with Gasteiger partial charge in [-0.25, -0.2) is 13.1 Å². The molecule has 0 spiro atoms. The Labute approximate surface area is 57.6 Å². The highest BCUT2D eigenvalue weighted by atomic mass is 79.9. The Balaban J connectivity index is 3.42. The minimum absolute atomic E-state index is 0.457. The molecule has 0 aliphatic carbocycles. The van der Waals surface area contributed by atoms with Crippen molar-refractivity contribution >= 4 is 26.0 Å². The Hall–Kier alpha value is 0.390. The van der Waals surface area contributed by atoms with E-state index in [2.05, 4.69) is 20.7 Å². The average molecular weight is 202 g/mol. The summed E-state index contributed by atoms with van der Waals surface area (Å²) in [5, 5.41) is 0.653. The maximum Gasteiger partial charge on any atom is 0.208 e. The normalized spacial score (nSPS) is 11.8. The molecule has 0 aromatic carbocycles. The van der Waals surface area contributed by atoms with Crippen LogP contribution in [0.3, 0.4) is 0 Å². The zero-order valence-electron chi connectivity index (χ0n) is 4.52. The summed E-state index contributed by atoms with van der Waals surface area (Å²) >= 11 is 3.08. The lowest BCUT2D eigenvalue weighted by Gasteiger charge is -1.94. The predicted octanol–water partition coefficient (Wildman–Crippen LogP) is -0.0695. The molecule has 0 aromatic rings. The lowest BCUT2D eigenvalue weighted by Crippen LogP contribution is -2.23. The first-order chi connectivity index (χ1) is 3.56. The highest BCUT2D eigenvalue weighted by Gasteiger charge is 1.95. The topological polar surface area (TPSA) is 46.2 Å². The van der Waals surface area contributed by atoms with Crippen LogP contribution < -0.4 is 4.72 Å². The van der Waals surface area contributed by atoms with Crippen molar-refractivity contribution in [2.45, 2.75) is 0 Å². The first kappa shape index (κ1) is 8.39. The summed E-state index contributed by atoms with van der Waals surface area (Å²) in [6, 6.07) is 0. The summed E-state index contributed by atoms with van der Waals surface area (Å²) in [5.74, 6) is 0. The molecule has 0 fully saturated rings. The van der Waals surface area contributed by atoms with Crippen molar-refractivity contribution in [3.63, 3.8) is 0 Å². The van der Waals surface area contributed by atoms with Crippen molar-refractivity contribution in [2.24, 2.45) is 0 Å². The number of hydrogen-bond acceptors (Lipinski definition) is 2. The summed E-state index contributed by atoms with van der Waals surface area (Å²) < 4.78 is 22.8. The lowest BCUT2D eigenvalue weighted by molar-refractivity contribution is 0.590. The highest BCUT2D eigenvalue weighted by Crippen LogP contribution is 1.77. The van der Waals surface area contributed by atoms with Crippen molar-refractivity contribution in [1.82, 2.24) is 4.72 Å². The van der Waals surface area contributed by atoms with Crippen LogP contribution in [0.1, 0.15) is 0 Å². The maximum atomic E-state index is 10.3. The van der Waals surface area contributed by atoms with Gasteiger partial charge in [0.1, 0.15) is 0 Å². The molecule has 0 saturated heterocycles. The van der Waals surface area contributed by atoms with Gasteiger partial charge in [-0.2, -0.15) is 0 Å². The Morgan fingerprint density at radius 1 is 1.62 bits per heavy atom. The van der Waals surface area contributed by atoms with Crippen LogP contribution in [0.4, 0.5) is 0 Å². The molecule has 0 atom stereocenters. The minimum Gasteiger partial charge on any atom is -0.215 e. The molecule has 50 valence electrons. The molecular weight excluding hydrogens is 194 g/mol. The van der Waals surface area contributed by atoms with Crippen LogP contribution in [0.5, 0.6) is 0 Å². The summed E-state index contributed by atoms with van der Waals surface area (Å²) in [5.41, 5.74) is 0. The van der Waals surface area contributed by atoms with Gasteiger partial charge in [-0.1, -0.05) is 15.9 Å². The van der Waals surface area contributed by atoms with Gasteiger partial charge in [-0.05, 0) is 0 Å². The van der Waals surface area contributed by atoms with Gasteiger partial charge in [0.25, 0.3) is 0 Å². The second-order valence-corrected chi connectivity index (χ2v) is 3.98. The smallest absolute Gasteiger partial charge is 0.208 e. The van der Waals surface area contributed by atoms with Gasteiger partial charge in [-0.15, -0.1) is 0 Å².